The van der Waals surface area contributed by atoms with Crippen LogP contribution in [0.15, 0.2) is 42.6 Å². The van der Waals surface area contributed by atoms with E-state index in [2.05, 4.69) is 35.4 Å². The van der Waals surface area contributed by atoms with Crippen molar-refractivity contribution < 1.29 is 4.74 Å². The van der Waals surface area contributed by atoms with Gasteiger partial charge >= 0.3 is 0 Å². The lowest BCUT2D eigenvalue weighted by atomic mass is 10.00. The summed E-state index contributed by atoms with van der Waals surface area (Å²) in [5.74, 6) is 0.902. The summed E-state index contributed by atoms with van der Waals surface area (Å²) in [6.45, 7) is 2.11. The highest BCUT2D eigenvalue weighted by molar-refractivity contribution is 5.27. The molecule has 0 bridgehead atoms. The monoisotopic (exact) mass is 270 g/mol. The van der Waals surface area contributed by atoms with Crippen LogP contribution in [0.3, 0.4) is 0 Å². The fourth-order valence-electron chi connectivity index (χ4n) is 2.38. The van der Waals surface area contributed by atoms with Gasteiger partial charge in [-0.2, -0.15) is 0 Å². The summed E-state index contributed by atoms with van der Waals surface area (Å²) in [7, 11) is 3.68. The zero-order valence-corrected chi connectivity index (χ0v) is 12.4. The number of hydrogen-bond acceptors (Lipinski definition) is 3. The van der Waals surface area contributed by atoms with Crippen LogP contribution in [0.1, 0.15) is 29.3 Å². The summed E-state index contributed by atoms with van der Waals surface area (Å²) in [4.78, 5) is 4.51. The van der Waals surface area contributed by atoms with E-state index >= 15 is 0 Å². The van der Waals surface area contributed by atoms with Crippen molar-refractivity contribution in [3.05, 3.63) is 59.4 Å². The van der Waals surface area contributed by atoms with Gasteiger partial charge in [0.1, 0.15) is 5.75 Å². The summed E-state index contributed by atoms with van der Waals surface area (Å²) >= 11 is 0. The largest absolute Gasteiger partial charge is 0.497 e. The van der Waals surface area contributed by atoms with Crippen LogP contribution in [0.2, 0.25) is 0 Å². The first-order valence-corrected chi connectivity index (χ1v) is 6.96. The molecule has 0 saturated carbocycles. The standard InChI is InChI=1S/C17H22N2O/c1-13-5-4-12-19-17(13)16(18-2)11-8-14-6-9-15(20-3)10-7-14/h4-7,9-10,12,16,18H,8,11H2,1-3H3. The molecule has 0 saturated heterocycles. The highest BCUT2D eigenvalue weighted by Gasteiger charge is 2.12. The molecule has 0 radical (unpaired) electrons. The molecule has 2 rings (SSSR count). The Balaban J connectivity index is 2.02. The number of hydrogen-bond donors (Lipinski definition) is 1. The minimum atomic E-state index is 0.290. The van der Waals surface area contributed by atoms with Crippen molar-refractivity contribution in [3.8, 4) is 5.75 Å². The molecular formula is C17H22N2O. The van der Waals surface area contributed by atoms with Crippen LogP contribution in [0.25, 0.3) is 0 Å². The minimum Gasteiger partial charge on any atom is -0.497 e. The number of aromatic nitrogens is 1. The Morgan fingerprint density at radius 1 is 1.20 bits per heavy atom. The van der Waals surface area contributed by atoms with Gasteiger partial charge in [0, 0.05) is 12.2 Å². The van der Waals surface area contributed by atoms with Crippen LogP contribution in [0.4, 0.5) is 0 Å². The molecular weight excluding hydrogens is 248 g/mol. The maximum atomic E-state index is 5.18. The van der Waals surface area contributed by atoms with Crippen molar-refractivity contribution >= 4 is 0 Å². The summed E-state index contributed by atoms with van der Waals surface area (Å²) in [6.07, 6.45) is 3.91. The van der Waals surface area contributed by atoms with E-state index in [1.54, 1.807) is 7.11 Å². The van der Waals surface area contributed by atoms with E-state index in [0.29, 0.717) is 6.04 Å². The van der Waals surface area contributed by atoms with Crippen LogP contribution in [0.5, 0.6) is 5.75 Å². The Morgan fingerprint density at radius 2 is 1.95 bits per heavy atom. The lowest BCUT2D eigenvalue weighted by molar-refractivity contribution is 0.414. The number of nitrogens with one attached hydrogen (secondary N) is 1. The molecule has 1 atom stereocenters. The van der Waals surface area contributed by atoms with Crippen LogP contribution in [-0.4, -0.2) is 19.1 Å². The molecule has 1 aromatic carbocycles. The maximum Gasteiger partial charge on any atom is 0.118 e. The fourth-order valence-corrected chi connectivity index (χ4v) is 2.38. The highest BCUT2D eigenvalue weighted by Crippen LogP contribution is 2.21. The third-order valence-electron chi connectivity index (χ3n) is 3.61. The second-order valence-electron chi connectivity index (χ2n) is 4.93. The SMILES string of the molecule is CNC(CCc1ccc(OC)cc1)c1ncccc1C. The van der Waals surface area contributed by atoms with E-state index in [1.165, 1.54) is 11.1 Å². The van der Waals surface area contributed by atoms with Crippen molar-refractivity contribution in [2.75, 3.05) is 14.2 Å². The zero-order chi connectivity index (χ0) is 14.4. The molecule has 3 nitrogen and oxygen atoms in total. The van der Waals surface area contributed by atoms with Gasteiger partial charge in [-0.15, -0.1) is 0 Å². The molecule has 0 aliphatic heterocycles. The molecule has 2 aromatic rings. The van der Waals surface area contributed by atoms with Gasteiger partial charge in [-0.3, -0.25) is 4.98 Å². The smallest absolute Gasteiger partial charge is 0.118 e. The fraction of sp³-hybridized carbons (Fsp3) is 0.353. The third kappa shape index (κ3) is 3.58. The quantitative estimate of drug-likeness (QED) is 0.874. The lowest BCUT2D eigenvalue weighted by Crippen LogP contribution is -2.19. The van der Waals surface area contributed by atoms with E-state index < -0.39 is 0 Å². The van der Waals surface area contributed by atoms with E-state index in [0.717, 1.165) is 24.3 Å². The third-order valence-corrected chi connectivity index (χ3v) is 3.61. The molecule has 1 aromatic heterocycles. The number of aryl methyl sites for hydroxylation is 2. The highest BCUT2D eigenvalue weighted by atomic mass is 16.5. The summed E-state index contributed by atoms with van der Waals surface area (Å²) < 4.78 is 5.18. The molecule has 1 heterocycles. The molecule has 0 spiro atoms. The topological polar surface area (TPSA) is 34.1 Å². The lowest BCUT2D eigenvalue weighted by Gasteiger charge is -2.17. The van der Waals surface area contributed by atoms with Crippen molar-refractivity contribution in [1.29, 1.82) is 0 Å². The summed E-state index contributed by atoms with van der Waals surface area (Å²) in [5, 5.41) is 3.36. The molecule has 0 amide bonds. The summed E-state index contributed by atoms with van der Waals surface area (Å²) in [5.41, 5.74) is 3.70. The van der Waals surface area contributed by atoms with Gasteiger partial charge in [0.2, 0.25) is 0 Å². The Bertz CT molecular complexity index is 537. The van der Waals surface area contributed by atoms with Gasteiger partial charge in [-0.1, -0.05) is 18.2 Å². The van der Waals surface area contributed by atoms with Gasteiger partial charge in [-0.25, -0.2) is 0 Å². The molecule has 0 aliphatic carbocycles. The molecule has 1 N–H and O–H groups in total. The van der Waals surface area contributed by atoms with Gasteiger partial charge in [0.05, 0.1) is 12.8 Å². The first kappa shape index (κ1) is 14.5. The van der Waals surface area contributed by atoms with Crippen molar-refractivity contribution in [1.82, 2.24) is 10.3 Å². The van der Waals surface area contributed by atoms with E-state index in [-0.39, 0.29) is 0 Å². The Morgan fingerprint density at radius 3 is 2.55 bits per heavy atom. The van der Waals surface area contributed by atoms with Crippen LogP contribution >= 0.6 is 0 Å². The number of ether oxygens (including phenoxy) is 1. The number of nitrogens with zero attached hydrogens (tertiary/aromatic N) is 1. The maximum absolute atomic E-state index is 5.18. The van der Waals surface area contributed by atoms with Gasteiger partial charge in [-0.05, 0) is 56.1 Å². The minimum absolute atomic E-state index is 0.290. The van der Waals surface area contributed by atoms with Crippen LogP contribution < -0.4 is 10.1 Å². The average Bonchev–Trinajstić information content (AvgIpc) is 2.50. The molecule has 0 fully saturated rings. The number of methoxy groups -OCH3 is 1. The number of rotatable bonds is 6. The van der Waals surface area contributed by atoms with E-state index in [1.807, 2.05) is 31.4 Å². The van der Waals surface area contributed by atoms with Crippen molar-refractivity contribution in [3.63, 3.8) is 0 Å². The molecule has 1 unspecified atom stereocenters. The summed E-state index contributed by atoms with van der Waals surface area (Å²) in [6, 6.07) is 12.6. The Hall–Kier alpha value is -1.87. The molecule has 20 heavy (non-hydrogen) atoms. The van der Waals surface area contributed by atoms with E-state index in [9.17, 15) is 0 Å². The van der Waals surface area contributed by atoms with Gasteiger partial charge in [0.15, 0.2) is 0 Å². The van der Waals surface area contributed by atoms with Crippen molar-refractivity contribution in [2.24, 2.45) is 0 Å². The van der Waals surface area contributed by atoms with Crippen LogP contribution in [-0.2, 0) is 6.42 Å². The molecule has 3 heteroatoms. The van der Waals surface area contributed by atoms with Crippen LogP contribution in [0, 0.1) is 6.92 Å². The first-order chi connectivity index (χ1) is 9.74. The number of pyridine rings is 1. The molecule has 0 aliphatic rings. The Labute approximate surface area is 121 Å². The van der Waals surface area contributed by atoms with Gasteiger partial charge in [0.25, 0.3) is 0 Å². The predicted octanol–water partition coefficient (Wildman–Crippen LogP) is 3.29. The molecule has 106 valence electrons. The second kappa shape index (κ2) is 7.06. The number of benzene rings is 1. The Kier molecular flexibility index (Phi) is 5.13. The predicted molar refractivity (Wildman–Crippen MR) is 82.1 cm³/mol. The van der Waals surface area contributed by atoms with E-state index in [4.69, 9.17) is 4.74 Å². The average molecular weight is 270 g/mol. The normalized spacial score (nSPS) is 12.2. The van der Waals surface area contributed by atoms with Crippen molar-refractivity contribution in [2.45, 2.75) is 25.8 Å². The van der Waals surface area contributed by atoms with Gasteiger partial charge < -0.3 is 10.1 Å². The zero-order valence-electron chi connectivity index (χ0n) is 12.4. The first-order valence-electron chi connectivity index (χ1n) is 6.96. The second-order valence-corrected chi connectivity index (χ2v) is 4.93.